The van der Waals surface area contributed by atoms with Crippen LogP contribution >= 0.6 is 7.82 Å². The molecule has 3 unspecified atom stereocenters. The monoisotopic (exact) mass is 1300 g/mol. The molecule has 92 heavy (non-hydrogen) atoms. The van der Waals surface area contributed by atoms with Crippen LogP contribution in [0.25, 0.3) is 0 Å². The molecule has 0 aromatic rings. The summed E-state index contributed by atoms with van der Waals surface area (Å²) in [6.07, 6.45) is 98.3. The van der Waals surface area contributed by atoms with E-state index in [4.69, 9.17) is 13.8 Å². The largest absolute Gasteiger partial charge is 0.472 e. The molecule has 0 fully saturated rings. The first-order chi connectivity index (χ1) is 44.9. The van der Waals surface area contributed by atoms with E-state index in [1.807, 2.05) is 33.3 Å². The minimum Gasteiger partial charge on any atom is -0.456 e. The number of rotatable bonds is 70. The minimum absolute atomic E-state index is 0.0356. The van der Waals surface area contributed by atoms with Gasteiger partial charge in [0.1, 0.15) is 19.3 Å². The zero-order valence-corrected chi connectivity index (χ0v) is 61.9. The fraction of sp³-hybridized carbons (Fsp3) is 0.756. The van der Waals surface area contributed by atoms with Crippen LogP contribution in [0.3, 0.4) is 0 Å². The van der Waals surface area contributed by atoms with Gasteiger partial charge in [-0.1, -0.05) is 330 Å². The average Bonchev–Trinajstić information content (AvgIpc) is 3.72. The molecule has 0 saturated carbocycles. The van der Waals surface area contributed by atoms with Crippen LogP contribution in [0.5, 0.6) is 0 Å². The van der Waals surface area contributed by atoms with E-state index in [0.29, 0.717) is 17.4 Å². The van der Waals surface area contributed by atoms with Crippen LogP contribution in [0.2, 0.25) is 0 Å². The number of nitrogens with zero attached hydrogens (tertiary/aromatic N) is 1. The third-order valence-electron chi connectivity index (χ3n) is 16.9. The van der Waals surface area contributed by atoms with Gasteiger partial charge in [0.05, 0.1) is 33.8 Å². The SMILES string of the molecule is CC/C=C\C/C=C\C/C=C\C/C=C\C/C=C\C/C=C\CCCCCCCCCCC(=O)OC(/C=C/CCCCCCCCCCCC)C(COP(=O)(O)OCC[N+](C)(C)C)NC(=O)CCCCCCCCCCCCCCCCCCC/C=C\C/C=C\CCCCC. The fourth-order valence-corrected chi connectivity index (χ4v) is 11.8. The molecule has 0 aliphatic heterocycles. The van der Waals surface area contributed by atoms with Crippen molar-refractivity contribution in [1.29, 1.82) is 0 Å². The van der Waals surface area contributed by atoms with Crippen molar-refractivity contribution < 1.29 is 37.3 Å². The van der Waals surface area contributed by atoms with Crippen molar-refractivity contribution in [2.75, 3.05) is 40.9 Å². The number of hydrogen-bond acceptors (Lipinski definition) is 6. The van der Waals surface area contributed by atoms with Crippen molar-refractivity contribution in [2.24, 2.45) is 0 Å². The van der Waals surface area contributed by atoms with E-state index in [-0.39, 0.29) is 31.5 Å². The molecule has 0 aliphatic rings. The Morgan fingerprint density at radius 2 is 0.696 bits per heavy atom. The second-order valence-corrected chi connectivity index (χ2v) is 28.6. The van der Waals surface area contributed by atoms with Crippen molar-refractivity contribution in [2.45, 2.75) is 360 Å². The molecular weight excluding hydrogens is 1160 g/mol. The summed E-state index contributed by atoms with van der Waals surface area (Å²) >= 11 is 0. The molecule has 0 aromatic heterocycles. The predicted molar refractivity (Wildman–Crippen MR) is 401 cm³/mol. The number of likely N-dealkylation sites (N-methyl/N-ethyl adjacent to an activating group) is 1. The summed E-state index contributed by atoms with van der Waals surface area (Å²) in [5, 5.41) is 3.08. The molecule has 0 heterocycles. The van der Waals surface area contributed by atoms with Crippen LogP contribution < -0.4 is 5.32 Å². The second kappa shape index (κ2) is 70.5. The number of phosphoric acid groups is 1. The topological polar surface area (TPSA) is 111 Å². The van der Waals surface area contributed by atoms with E-state index in [9.17, 15) is 19.0 Å². The lowest BCUT2D eigenvalue weighted by molar-refractivity contribution is -0.870. The Morgan fingerprint density at radius 1 is 0.391 bits per heavy atom. The molecule has 0 saturated heterocycles. The molecule has 0 bridgehead atoms. The van der Waals surface area contributed by atoms with Gasteiger partial charge in [-0.05, 0) is 115 Å². The average molecular weight is 1310 g/mol. The van der Waals surface area contributed by atoms with Gasteiger partial charge < -0.3 is 19.4 Å². The molecule has 532 valence electrons. The summed E-state index contributed by atoms with van der Waals surface area (Å²) in [6.45, 7) is 6.90. The number of esters is 1. The van der Waals surface area contributed by atoms with E-state index < -0.39 is 20.0 Å². The highest BCUT2D eigenvalue weighted by molar-refractivity contribution is 7.47. The molecule has 9 nitrogen and oxygen atoms in total. The summed E-state index contributed by atoms with van der Waals surface area (Å²) in [5.41, 5.74) is 0. The zero-order valence-electron chi connectivity index (χ0n) is 61.0. The Bertz CT molecular complexity index is 1940. The normalized spacial score (nSPS) is 14.0. The standard InChI is InChI=1S/C82H147N2O7P/c1-7-10-13-16-19-22-25-28-30-32-34-36-38-40-42-44-46-48-50-52-54-56-59-62-65-68-71-74-81(85)83-79(78-90-92(87,88)89-77-76-84(4,5)6)80(73-70-67-64-61-58-27-24-21-18-15-12-9-3)91-82(86)75-72-69-66-63-60-57-55-53-51-49-47-45-43-41-39-37-35-33-31-29-26-23-20-17-14-11-8-2/h11,14,19-20,22-23,28-31,35,37,41,43,47,49,70,73,79-80H,7-10,12-13,15-18,21,24-27,32-34,36,38-40,42,44-46,48,50-69,71-72,74-78H2,1-6H3,(H-,83,85,87,88)/p+1/b14-11-,22-19-,23-20-,30-28-,31-29-,37-35-,43-41-,49-47-,73-70+. The molecule has 0 aliphatic carbocycles. The summed E-state index contributed by atoms with van der Waals surface area (Å²) < 4.78 is 30.9. The maximum atomic E-state index is 13.7. The number of nitrogens with one attached hydrogen (secondary N) is 1. The Balaban J connectivity index is 4.98. The Hall–Kier alpha value is -3.33. The van der Waals surface area contributed by atoms with E-state index in [2.05, 4.69) is 123 Å². The lowest BCUT2D eigenvalue weighted by atomic mass is 10.0. The van der Waals surface area contributed by atoms with Gasteiger partial charge in [0.25, 0.3) is 0 Å². The van der Waals surface area contributed by atoms with Gasteiger partial charge in [-0.2, -0.15) is 0 Å². The number of unbranched alkanes of at least 4 members (excludes halogenated alkanes) is 38. The molecule has 3 atom stereocenters. The highest BCUT2D eigenvalue weighted by atomic mass is 31.2. The molecule has 2 N–H and O–H groups in total. The molecule has 0 spiro atoms. The smallest absolute Gasteiger partial charge is 0.456 e. The van der Waals surface area contributed by atoms with Crippen molar-refractivity contribution in [3.05, 3.63) is 109 Å². The van der Waals surface area contributed by atoms with Crippen molar-refractivity contribution >= 4 is 19.7 Å². The molecule has 0 aromatic carbocycles. The summed E-state index contributed by atoms with van der Waals surface area (Å²) in [7, 11) is 1.49. The van der Waals surface area contributed by atoms with Gasteiger partial charge in [-0.15, -0.1) is 0 Å². The second-order valence-electron chi connectivity index (χ2n) is 27.1. The van der Waals surface area contributed by atoms with Crippen molar-refractivity contribution in [3.63, 3.8) is 0 Å². The minimum atomic E-state index is -4.47. The van der Waals surface area contributed by atoms with Crippen LogP contribution in [0.1, 0.15) is 348 Å². The number of quaternary nitrogens is 1. The number of carbonyl (C=O) groups excluding carboxylic acids is 2. The summed E-state index contributed by atoms with van der Waals surface area (Å²) in [6, 6.07) is -0.859. The molecular formula is C82H148N2O7P+. The van der Waals surface area contributed by atoms with Crippen molar-refractivity contribution in [3.8, 4) is 0 Å². The third-order valence-corrected chi connectivity index (χ3v) is 17.9. The highest BCUT2D eigenvalue weighted by Crippen LogP contribution is 2.43. The van der Waals surface area contributed by atoms with Gasteiger partial charge in [-0.3, -0.25) is 18.6 Å². The lowest BCUT2D eigenvalue weighted by Gasteiger charge is -2.27. The quantitative estimate of drug-likeness (QED) is 0.0205. The molecule has 1 amide bonds. The number of carbonyl (C=O) groups is 2. The van der Waals surface area contributed by atoms with Gasteiger partial charge in [-0.25, -0.2) is 4.57 Å². The van der Waals surface area contributed by atoms with Crippen LogP contribution in [-0.4, -0.2) is 74.3 Å². The predicted octanol–water partition coefficient (Wildman–Crippen LogP) is 25.2. The third kappa shape index (κ3) is 71.0. The lowest BCUT2D eigenvalue weighted by Crippen LogP contribution is -2.47. The Kier molecular flexibility index (Phi) is 67.9. The van der Waals surface area contributed by atoms with Crippen LogP contribution in [-0.2, 0) is 27.9 Å². The van der Waals surface area contributed by atoms with Crippen LogP contribution in [0, 0.1) is 0 Å². The Labute approximate surface area is 570 Å². The summed E-state index contributed by atoms with van der Waals surface area (Å²) in [4.78, 5) is 38.0. The number of allylic oxidation sites excluding steroid dienone is 17. The number of amides is 1. The maximum absolute atomic E-state index is 13.7. The van der Waals surface area contributed by atoms with E-state index in [1.54, 1.807) is 0 Å². The Morgan fingerprint density at radius 3 is 1.07 bits per heavy atom. The number of phosphoric ester groups is 1. The van der Waals surface area contributed by atoms with Crippen LogP contribution in [0.15, 0.2) is 109 Å². The first-order valence-corrected chi connectivity index (χ1v) is 40.2. The van der Waals surface area contributed by atoms with Crippen molar-refractivity contribution in [1.82, 2.24) is 5.32 Å². The maximum Gasteiger partial charge on any atom is 0.472 e. The molecule has 0 rings (SSSR count). The number of hydrogen-bond donors (Lipinski definition) is 2. The first-order valence-electron chi connectivity index (χ1n) is 38.7. The number of ether oxygens (including phenoxy) is 1. The van der Waals surface area contributed by atoms with Gasteiger partial charge in [0.15, 0.2) is 0 Å². The zero-order chi connectivity index (χ0) is 67.0. The van der Waals surface area contributed by atoms with E-state index >= 15 is 0 Å². The first kappa shape index (κ1) is 88.7. The van der Waals surface area contributed by atoms with E-state index in [1.165, 1.54) is 199 Å². The molecule has 0 radical (unpaired) electrons. The highest BCUT2D eigenvalue weighted by Gasteiger charge is 2.30. The van der Waals surface area contributed by atoms with Gasteiger partial charge >= 0.3 is 13.8 Å². The van der Waals surface area contributed by atoms with Crippen LogP contribution in [0.4, 0.5) is 0 Å². The fourth-order valence-electron chi connectivity index (χ4n) is 11.0. The van der Waals surface area contributed by atoms with Gasteiger partial charge in [0.2, 0.25) is 5.91 Å². The summed E-state index contributed by atoms with van der Waals surface area (Å²) in [5.74, 6) is -0.507. The van der Waals surface area contributed by atoms with E-state index in [0.717, 1.165) is 116 Å². The molecule has 10 heteroatoms. The van der Waals surface area contributed by atoms with Gasteiger partial charge in [0, 0.05) is 12.8 Å².